The summed E-state index contributed by atoms with van der Waals surface area (Å²) in [5, 5.41) is 3.08. The predicted octanol–water partition coefficient (Wildman–Crippen LogP) is 0.581. The highest BCUT2D eigenvalue weighted by Gasteiger charge is 2.36. The predicted molar refractivity (Wildman–Crippen MR) is 69.4 cm³/mol. The lowest BCUT2D eigenvalue weighted by Gasteiger charge is -2.38. The number of nitrogens with one attached hydrogen (secondary N) is 1. The van der Waals surface area contributed by atoms with Crippen molar-refractivity contribution in [2.24, 2.45) is 0 Å². The second-order valence-corrected chi connectivity index (χ2v) is 4.55. The average Bonchev–Trinajstić information content (AvgIpc) is 2.31. The summed E-state index contributed by atoms with van der Waals surface area (Å²) in [5.74, 6) is -0.681. The number of ketones is 1. The van der Waals surface area contributed by atoms with E-state index >= 15 is 0 Å². The van der Waals surface area contributed by atoms with Gasteiger partial charge >= 0.3 is 0 Å². The zero-order valence-electron chi connectivity index (χ0n) is 11.6. The standard InChI is InChI=1S/C13H24N2O3/c1-4-7-11(14-5-2)12(16)13(17)15-8-10(9-15)18-6-3/h10-11,14H,4-9H2,1-3H3. The molecule has 1 rings (SSSR count). The van der Waals surface area contributed by atoms with Gasteiger partial charge in [0.15, 0.2) is 0 Å². The Bertz CT molecular complexity index is 282. The van der Waals surface area contributed by atoms with Crippen LogP contribution in [0.5, 0.6) is 0 Å². The second kappa shape index (κ2) is 7.48. The van der Waals surface area contributed by atoms with E-state index < -0.39 is 0 Å². The summed E-state index contributed by atoms with van der Waals surface area (Å²) < 4.78 is 5.37. The van der Waals surface area contributed by atoms with Crippen LogP contribution in [-0.2, 0) is 14.3 Å². The van der Waals surface area contributed by atoms with E-state index in [9.17, 15) is 9.59 Å². The van der Waals surface area contributed by atoms with Gasteiger partial charge in [0.2, 0.25) is 5.78 Å². The molecular weight excluding hydrogens is 232 g/mol. The third kappa shape index (κ3) is 3.78. The summed E-state index contributed by atoms with van der Waals surface area (Å²) >= 11 is 0. The van der Waals surface area contributed by atoms with Gasteiger partial charge in [0, 0.05) is 19.7 Å². The molecular formula is C13H24N2O3. The number of ether oxygens (including phenoxy) is 1. The van der Waals surface area contributed by atoms with Gasteiger partial charge in [-0.25, -0.2) is 0 Å². The first-order chi connectivity index (χ1) is 8.63. The van der Waals surface area contributed by atoms with Crippen LogP contribution < -0.4 is 5.32 Å². The first-order valence-electron chi connectivity index (χ1n) is 6.82. The van der Waals surface area contributed by atoms with Crippen LogP contribution in [0.3, 0.4) is 0 Å². The summed E-state index contributed by atoms with van der Waals surface area (Å²) in [6.07, 6.45) is 1.70. The van der Waals surface area contributed by atoms with Gasteiger partial charge < -0.3 is 15.0 Å². The molecule has 1 aliphatic heterocycles. The molecule has 0 saturated carbocycles. The number of hydrogen-bond donors (Lipinski definition) is 1. The monoisotopic (exact) mass is 256 g/mol. The van der Waals surface area contributed by atoms with Crippen LogP contribution >= 0.6 is 0 Å². The van der Waals surface area contributed by atoms with E-state index in [0.29, 0.717) is 32.7 Å². The SMILES string of the molecule is CCCC(NCC)C(=O)C(=O)N1CC(OCC)C1. The van der Waals surface area contributed by atoms with Gasteiger partial charge in [0.25, 0.3) is 5.91 Å². The molecule has 5 nitrogen and oxygen atoms in total. The lowest BCUT2D eigenvalue weighted by molar-refractivity contribution is -0.154. The minimum absolute atomic E-state index is 0.107. The van der Waals surface area contributed by atoms with Gasteiger partial charge in [-0.15, -0.1) is 0 Å². The molecule has 1 fully saturated rings. The van der Waals surface area contributed by atoms with Crippen LogP contribution in [0, 0.1) is 0 Å². The van der Waals surface area contributed by atoms with Gasteiger partial charge in [0.1, 0.15) is 0 Å². The van der Waals surface area contributed by atoms with Crippen molar-refractivity contribution in [1.82, 2.24) is 10.2 Å². The number of likely N-dealkylation sites (N-methyl/N-ethyl adjacent to an activating group) is 1. The Morgan fingerprint density at radius 2 is 2.00 bits per heavy atom. The molecule has 0 aromatic rings. The normalized spacial score (nSPS) is 17.4. The number of amides is 1. The molecule has 1 aliphatic rings. The Kier molecular flexibility index (Phi) is 6.29. The average molecular weight is 256 g/mol. The van der Waals surface area contributed by atoms with E-state index in [-0.39, 0.29) is 23.8 Å². The van der Waals surface area contributed by atoms with Gasteiger partial charge in [-0.3, -0.25) is 9.59 Å². The summed E-state index contributed by atoms with van der Waals surface area (Å²) in [7, 11) is 0. The first-order valence-corrected chi connectivity index (χ1v) is 6.82. The van der Waals surface area contributed by atoms with Crippen molar-refractivity contribution in [3.05, 3.63) is 0 Å². The van der Waals surface area contributed by atoms with E-state index in [1.165, 1.54) is 0 Å². The lowest BCUT2D eigenvalue weighted by Crippen LogP contribution is -2.58. The third-order valence-corrected chi connectivity index (χ3v) is 3.09. The topological polar surface area (TPSA) is 58.6 Å². The van der Waals surface area contributed by atoms with Crippen LogP contribution in [0.1, 0.15) is 33.6 Å². The van der Waals surface area contributed by atoms with E-state index in [4.69, 9.17) is 4.74 Å². The quantitative estimate of drug-likeness (QED) is 0.645. The fourth-order valence-electron chi connectivity index (χ4n) is 2.11. The maximum absolute atomic E-state index is 12.0. The van der Waals surface area contributed by atoms with Crippen LogP contribution in [0.25, 0.3) is 0 Å². The van der Waals surface area contributed by atoms with Crippen molar-refractivity contribution in [2.75, 3.05) is 26.2 Å². The molecule has 1 amide bonds. The van der Waals surface area contributed by atoms with E-state index in [1.807, 2.05) is 20.8 Å². The Hall–Kier alpha value is -0.940. The van der Waals surface area contributed by atoms with E-state index in [1.54, 1.807) is 4.90 Å². The van der Waals surface area contributed by atoms with Crippen LogP contribution in [0.2, 0.25) is 0 Å². The van der Waals surface area contributed by atoms with Crippen molar-refractivity contribution in [3.63, 3.8) is 0 Å². The summed E-state index contributed by atoms with van der Waals surface area (Å²) in [6.45, 7) is 8.32. The number of nitrogens with zero attached hydrogens (tertiary/aromatic N) is 1. The first kappa shape index (κ1) is 15.1. The smallest absolute Gasteiger partial charge is 0.291 e. The van der Waals surface area contributed by atoms with Gasteiger partial charge in [-0.05, 0) is 19.9 Å². The molecule has 1 unspecified atom stereocenters. The highest BCUT2D eigenvalue weighted by atomic mass is 16.5. The third-order valence-electron chi connectivity index (χ3n) is 3.09. The second-order valence-electron chi connectivity index (χ2n) is 4.55. The molecule has 18 heavy (non-hydrogen) atoms. The van der Waals surface area contributed by atoms with Crippen molar-refractivity contribution < 1.29 is 14.3 Å². The minimum Gasteiger partial charge on any atom is -0.375 e. The number of likely N-dealkylation sites (tertiary alicyclic amines) is 1. The molecule has 0 aromatic heterocycles. The number of carbonyl (C=O) groups excluding carboxylic acids is 2. The maximum Gasteiger partial charge on any atom is 0.291 e. The molecule has 104 valence electrons. The fraction of sp³-hybridized carbons (Fsp3) is 0.846. The Labute approximate surface area is 109 Å². The number of hydrogen-bond acceptors (Lipinski definition) is 4. The molecule has 5 heteroatoms. The van der Waals surface area contributed by atoms with Crippen LogP contribution in [0.4, 0.5) is 0 Å². The molecule has 0 aromatic carbocycles. The molecule has 1 saturated heterocycles. The zero-order chi connectivity index (χ0) is 13.5. The number of Topliss-reactive ketones (excluding diaryl/α,β-unsaturated/α-hetero) is 1. The number of rotatable bonds is 8. The Morgan fingerprint density at radius 1 is 1.33 bits per heavy atom. The van der Waals surface area contributed by atoms with Gasteiger partial charge in [0.05, 0.1) is 12.1 Å². The highest BCUT2D eigenvalue weighted by Crippen LogP contribution is 2.13. The maximum atomic E-state index is 12.0. The summed E-state index contributed by atoms with van der Waals surface area (Å²) in [4.78, 5) is 25.5. The Morgan fingerprint density at radius 3 is 2.50 bits per heavy atom. The summed E-state index contributed by atoms with van der Waals surface area (Å²) in [5.41, 5.74) is 0. The molecule has 0 radical (unpaired) electrons. The Balaban J connectivity index is 2.43. The van der Waals surface area contributed by atoms with Crippen molar-refractivity contribution >= 4 is 11.7 Å². The van der Waals surface area contributed by atoms with Crippen LogP contribution in [-0.4, -0.2) is 55.0 Å². The van der Waals surface area contributed by atoms with Crippen molar-refractivity contribution in [2.45, 2.75) is 45.8 Å². The van der Waals surface area contributed by atoms with Crippen molar-refractivity contribution in [3.8, 4) is 0 Å². The number of carbonyl (C=O) groups is 2. The molecule has 0 bridgehead atoms. The molecule has 0 spiro atoms. The molecule has 0 aliphatic carbocycles. The molecule has 1 N–H and O–H groups in total. The van der Waals surface area contributed by atoms with Crippen molar-refractivity contribution in [1.29, 1.82) is 0 Å². The summed E-state index contributed by atoms with van der Waals surface area (Å²) in [6, 6.07) is -0.335. The van der Waals surface area contributed by atoms with Crippen LogP contribution in [0.15, 0.2) is 0 Å². The highest BCUT2D eigenvalue weighted by molar-refractivity contribution is 6.38. The minimum atomic E-state index is -0.370. The largest absolute Gasteiger partial charge is 0.375 e. The van der Waals surface area contributed by atoms with Gasteiger partial charge in [-0.1, -0.05) is 20.3 Å². The van der Waals surface area contributed by atoms with E-state index in [2.05, 4.69) is 5.32 Å². The lowest BCUT2D eigenvalue weighted by atomic mass is 10.0. The molecule has 1 atom stereocenters. The fourth-order valence-corrected chi connectivity index (χ4v) is 2.11. The van der Waals surface area contributed by atoms with E-state index in [0.717, 1.165) is 6.42 Å². The van der Waals surface area contributed by atoms with Gasteiger partial charge in [-0.2, -0.15) is 0 Å². The molecule has 1 heterocycles. The zero-order valence-corrected chi connectivity index (χ0v) is 11.6.